The number of nitrogens with one attached hydrogen (secondary N) is 1. The molecule has 0 aliphatic carbocycles. The highest BCUT2D eigenvalue weighted by Crippen LogP contribution is 2.25. The van der Waals surface area contributed by atoms with Gasteiger partial charge in [0, 0.05) is 44.9 Å². The van der Waals surface area contributed by atoms with Crippen LogP contribution in [0.1, 0.15) is 12.8 Å². The van der Waals surface area contributed by atoms with Crippen molar-refractivity contribution in [2.75, 3.05) is 59.5 Å². The van der Waals surface area contributed by atoms with Gasteiger partial charge in [-0.25, -0.2) is 0 Å². The van der Waals surface area contributed by atoms with E-state index in [-0.39, 0.29) is 30.7 Å². The molecule has 160 valence electrons. The average Bonchev–Trinajstić information content (AvgIpc) is 2.70. The van der Waals surface area contributed by atoms with Crippen LogP contribution in [0.15, 0.2) is 24.3 Å². The Morgan fingerprint density at radius 1 is 1.11 bits per heavy atom. The first kappa shape index (κ1) is 25.3. The van der Waals surface area contributed by atoms with Crippen molar-refractivity contribution in [3.05, 3.63) is 29.3 Å². The van der Waals surface area contributed by atoms with Gasteiger partial charge in [-0.05, 0) is 50.2 Å². The molecule has 0 spiro atoms. The molecule has 1 aromatic rings. The number of piperidine rings is 1. The minimum atomic E-state index is -0.634. The summed E-state index contributed by atoms with van der Waals surface area (Å²) < 4.78 is 11.4. The molecule has 1 aromatic carbocycles. The Hall–Kier alpha value is -0.760. The van der Waals surface area contributed by atoms with Crippen LogP contribution in [0.4, 0.5) is 0 Å². The number of carbonyl (C=O) groups is 1. The van der Waals surface area contributed by atoms with Crippen LogP contribution in [-0.4, -0.2) is 80.8 Å². The molecule has 2 saturated heterocycles. The number of piperazine rings is 1. The van der Waals surface area contributed by atoms with E-state index < -0.39 is 5.60 Å². The quantitative estimate of drug-likeness (QED) is 0.716. The fourth-order valence-corrected chi connectivity index (χ4v) is 3.75. The van der Waals surface area contributed by atoms with Crippen LogP contribution >= 0.6 is 36.4 Å². The lowest BCUT2D eigenvalue weighted by molar-refractivity contribution is -0.160. The summed E-state index contributed by atoms with van der Waals surface area (Å²) in [6.07, 6.45) is 1.49. The van der Waals surface area contributed by atoms with Crippen LogP contribution in [0.2, 0.25) is 5.02 Å². The third-order valence-corrected chi connectivity index (χ3v) is 5.59. The first-order valence-corrected chi connectivity index (χ1v) is 9.67. The molecule has 0 atom stereocenters. The lowest BCUT2D eigenvalue weighted by Gasteiger charge is -2.42. The molecule has 6 nitrogen and oxygen atoms in total. The number of hydrogen-bond acceptors (Lipinski definition) is 5. The molecule has 3 rings (SSSR count). The van der Waals surface area contributed by atoms with Crippen molar-refractivity contribution < 1.29 is 14.3 Å². The van der Waals surface area contributed by atoms with E-state index >= 15 is 0 Å². The van der Waals surface area contributed by atoms with Gasteiger partial charge in [0.05, 0.1) is 0 Å². The third kappa shape index (κ3) is 6.37. The van der Waals surface area contributed by atoms with Gasteiger partial charge in [-0.2, -0.15) is 0 Å². The van der Waals surface area contributed by atoms with Gasteiger partial charge >= 0.3 is 0 Å². The van der Waals surface area contributed by atoms with Crippen LogP contribution in [0.5, 0.6) is 5.75 Å². The molecule has 9 heteroatoms. The highest BCUT2D eigenvalue weighted by Gasteiger charge is 2.42. The molecular formula is C19H30Cl3N3O3. The first-order chi connectivity index (χ1) is 12.6. The second kappa shape index (κ2) is 12.1. The molecule has 1 N–H and O–H groups in total. The molecule has 0 unspecified atom stereocenters. The Kier molecular flexibility index (Phi) is 10.9. The topological polar surface area (TPSA) is 54.0 Å². The van der Waals surface area contributed by atoms with Gasteiger partial charge < -0.3 is 19.7 Å². The second-order valence-corrected chi connectivity index (χ2v) is 7.32. The Morgan fingerprint density at radius 3 is 2.29 bits per heavy atom. The van der Waals surface area contributed by atoms with E-state index in [2.05, 4.69) is 10.2 Å². The van der Waals surface area contributed by atoms with Gasteiger partial charge in [0.15, 0.2) is 0 Å². The van der Waals surface area contributed by atoms with Crippen LogP contribution in [0.3, 0.4) is 0 Å². The van der Waals surface area contributed by atoms with Gasteiger partial charge in [-0.3, -0.25) is 9.69 Å². The summed E-state index contributed by atoms with van der Waals surface area (Å²) in [7, 11) is 1.66. The number of ether oxygens (including phenoxy) is 2. The largest absolute Gasteiger partial charge is 0.492 e. The van der Waals surface area contributed by atoms with Crippen LogP contribution in [0, 0.1) is 0 Å². The van der Waals surface area contributed by atoms with Crippen molar-refractivity contribution in [3.8, 4) is 5.75 Å². The standard InChI is InChI=1S/C19H28ClN3O3.2ClH/c1-25-19(6-8-21-9-7-19)18(24)23-12-10-22(11-13-23)14-15-26-17-4-2-16(20)3-5-17;;/h2-5,21H,6-15H2,1H3;2*1H. The molecule has 0 radical (unpaired) electrons. The van der Waals surface area contributed by atoms with Crippen molar-refractivity contribution in [1.82, 2.24) is 15.1 Å². The average molecular weight is 455 g/mol. The fraction of sp³-hybridized carbons (Fsp3) is 0.632. The van der Waals surface area contributed by atoms with Gasteiger partial charge in [0.1, 0.15) is 18.0 Å². The maximum atomic E-state index is 13.0. The summed E-state index contributed by atoms with van der Waals surface area (Å²) in [5.74, 6) is 0.981. The predicted octanol–water partition coefficient (Wildman–Crippen LogP) is 2.48. The Morgan fingerprint density at radius 2 is 1.71 bits per heavy atom. The maximum absolute atomic E-state index is 13.0. The maximum Gasteiger partial charge on any atom is 0.254 e. The SMILES string of the molecule is COC1(C(=O)N2CCN(CCOc3ccc(Cl)cc3)CC2)CCNCC1.Cl.Cl. The minimum absolute atomic E-state index is 0. The fourth-order valence-electron chi connectivity index (χ4n) is 3.62. The lowest BCUT2D eigenvalue weighted by atomic mass is 9.90. The molecule has 0 saturated carbocycles. The van der Waals surface area contributed by atoms with E-state index in [1.807, 2.05) is 29.2 Å². The van der Waals surface area contributed by atoms with E-state index in [1.165, 1.54) is 0 Å². The smallest absolute Gasteiger partial charge is 0.254 e. The summed E-state index contributed by atoms with van der Waals surface area (Å²) in [6.45, 7) is 6.38. The normalized spacial score (nSPS) is 19.3. The molecular weight excluding hydrogens is 425 g/mol. The lowest BCUT2D eigenvalue weighted by Crippen LogP contribution is -2.59. The Bertz CT molecular complexity index is 590. The van der Waals surface area contributed by atoms with Crippen molar-refractivity contribution in [2.45, 2.75) is 18.4 Å². The summed E-state index contributed by atoms with van der Waals surface area (Å²) in [5.41, 5.74) is -0.634. The van der Waals surface area contributed by atoms with Crippen LogP contribution in [-0.2, 0) is 9.53 Å². The summed E-state index contributed by atoms with van der Waals surface area (Å²) in [4.78, 5) is 17.3. The van der Waals surface area contributed by atoms with Crippen molar-refractivity contribution >= 4 is 42.3 Å². The van der Waals surface area contributed by atoms with Gasteiger partial charge in [-0.1, -0.05) is 11.6 Å². The van der Waals surface area contributed by atoms with E-state index in [4.69, 9.17) is 21.1 Å². The monoisotopic (exact) mass is 453 g/mol. The Labute approximate surface area is 184 Å². The number of benzene rings is 1. The summed E-state index contributed by atoms with van der Waals surface area (Å²) in [5, 5.41) is 4.01. The molecule has 0 bridgehead atoms. The van der Waals surface area contributed by atoms with E-state index in [1.54, 1.807) is 7.11 Å². The molecule has 2 heterocycles. The van der Waals surface area contributed by atoms with Crippen LogP contribution in [0.25, 0.3) is 0 Å². The van der Waals surface area contributed by atoms with E-state index in [0.29, 0.717) is 11.6 Å². The molecule has 1 amide bonds. The first-order valence-electron chi connectivity index (χ1n) is 9.29. The zero-order valence-corrected chi connectivity index (χ0v) is 18.6. The second-order valence-electron chi connectivity index (χ2n) is 6.88. The summed E-state index contributed by atoms with van der Waals surface area (Å²) >= 11 is 5.87. The summed E-state index contributed by atoms with van der Waals surface area (Å²) in [6, 6.07) is 7.41. The van der Waals surface area contributed by atoms with E-state index in [9.17, 15) is 4.79 Å². The number of nitrogens with zero attached hydrogens (tertiary/aromatic N) is 2. The highest BCUT2D eigenvalue weighted by molar-refractivity contribution is 6.30. The predicted molar refractivity (Wildman–Crippen MR) is 116 cm³/mol. The van der Waals surface area contributed by atoms with Crippen LogP contribution < -0.4 is 10.1 Å². The number of carbonyl (C=O) groups excluding carboxylic acids is 1. The minimum Gasteiger partial charge on any atom is -0.492 e. The van der Waals surface area contributed by atoms with Gasteiger partial charge in [-0.15, -0.1) is 24.8 Å². The number of halogens is 3. The molecule has 0 aromatic heterocycles. The van der Waals surface area contributed by atoms with E-state index in [0.717, 1.165) is 64.4 Å². The number of methoxy groups -OCH3 is 1. The van der Waals surface area contributed by atoms with Gasteiger partial charge in [0.2, 0.25) is 0 Å². The van der Waals surface area contributed by atoms with Crippen molar-refractivity contribution in [2.24, 2.45) is 0 Å². The number of amides is 1. The highest BCUT2D eigenvalue weighted by atomic mass is 35.5. The van der Waals surface area contributed by atoms with Crippen molar-refractivity contribution in [1.29, 1.82) is 0 Å². The van der Waals surface area contributed by atoms with Gasteiger partial charge in [0.25, 0.3) is 5.91 Å². The molecule has 28 heavy (non-hydrogen) atoms. The third-order valence-electron chi connectivity index (χ3n) is 5.34. The molecule has 2 aliphatic heterocycles. The van der Waals surface area contributed by atoms with Crippen molar-refractivity contribution in [3.63, 3.8) is 0 Å². The molecule has 2 aliphatic rings. The number of rotatable bonds is 6. The number of hydrogen-bond donors (Lipinski definition) is 1. The molecule has 2 fully saturated rings. The zero-order chi connectivity index (χ0) is 18.4. The zero-order valence-electron chi connectivity index (χ0n) is 16.2. The Balaban J connectivity index is 0.00000196.